The van der Waals surface area contributed by atoms with Gasteiger partial charge in [-0.05, 0) is 44.2 Å². The zero-order valence-corrected chi connectivity index (χ0v) is 16.7. The maximum atomic E-state index is 12.4. The van der Waals surface area contributed by atoms with Crippen LogP contribution in [-0.4, -0.2) is 26.8 Å². The zero-order chi connectivity index (χ0) is 20.4. The summed E-state index contributed by atoms with van der Waals surface area (Å²) in [5.41, 5.74) is 1.66. The van der Waals surface area contributed by atoms with Gasteiger partial charge in [0.05, 0.1) is 9.79 Å². The Balaban J connectivity index is 1.78. The van der Waals surface area contributed by atoms with Crippen molar-refractivity contribution >= 4 is 31.7 Å². The van der Waals surface area contributed by atoms with Crippen LogP contribution in [0.3, 0.4) is 0 Å². The second kappa shape index (κ2) is 7.56. The summed E-state index contributed by atoms with van der Waals surface area (Å²) in [6.07, 6.45) is 1.44. The highest BCUT2D eigenvalue weighted by Gasteiger charge is 2.15. The minimum absolute atomic E-state index is 0.0456. The first-order valence-corrected chi connectivity index (χ1v) is 11.1. The van der Waals surface area contributed by atoms with Gasteiger partial charge in [0.2, 0.25) is 5.95 Å². The molecule has 0 atom stereocenters. The topological polar surface area (TPSA) is 120 Å². The van der Waals surface area contributed by atoms with Crippen molar-refractivity contribution in [3.05, 3.63) is 76.8 Å². The third kappa shape index (κ3) is 4.65. The van der Waals surface area contributed by atoms with E-state index in [-0.39, 0.29) is 21.4 Å². The Morgan fingerprint density at radius 2 is 1.43 bits per heavy atom. The number of aryl methyl sites for hydroxylation is 2. The van der Waals surface area contributed by atoms with E-state index in [1.165, 1.54) is 42.6 Å². The predicted molar refractivity (Wildman–Crippen MR) is 105 cm³/mol. The molecule has 1 N–H and O–H groups in total. The van der Waals surface area contributed by atoms with Gasteiger partial charge in [-0.3, -0.25) is 0 Å². The van der Waals surface area contributed by atoms with Gasteiger partial charge in [0.15, 0.2) is 0 Å². The maximum absolute atomic E-state index is 12.4. The fraction of sp³-hybridized carbons (Fsp3) is 0.111. The van der Waals surface area contributed by atoms with Crippen LogP contribution in [0, 0.1) is 13.8 Å². The molecule has 0 amide bonds. The van der Waals surface area contributed by atoms with Gasteiger partial charge in [0.25, 0.3) is 10.0 Å². The van der Waals surface area contributed by atoms with E-state index in [0.717, 1.165) is 5.56 Å². The second-order valence-corrected chi connectivity index (χ2v) is 9.29. The van der Waals surface area contributed by atoms with Gasteiger partial charge in [0, 0.05) is 11.9 Å². The Morgan fingerprint density at radius 1 is 0.821 bits per heavy atom. The van der Waals surface area contributed by atoms with E-state index in [1.54, 1.807) is 25.1 Å². The summed E-state index contributed by atoms with van der Waals surface area (Å²) < 4.78 is 55.6. The number of hydrogen-bond donors (Lipinski definition) is 1. The lowest BCUT2D eigenvalue weighted by Crippen LogP contribution is -2.15. The van der Waals surface area contributed by atoms with Crippen molar-refractivity contribution in [2.45, 2.75) is 23.6 Å². The van der Waals surface area contributed by atoms with E-state index in [9.17, 15) is 16.8 Å². The number of sulfonamides is 2. The molecule has 0 spiro atoms. The summed E-state index contributed by atoms with van der Waals surface area (Å²) in [4.78, 5) is 7.84. The van der Waals surface area contributed by atoms with Crippen molar-refractivity contribution in [3.8, 4) is 0 Å². The molecule has 0 aliphatic heterocycles. The van der Waals surface area contributed by atoms with Gasteiger partial charge in [-0.1, -0.05) is 29.8 Å². The molecule has 0 aliphatic rings. The number of aromatic nitrogens is 2. The quantitative estimate of drug-likeness (QED) is 0.657. The van der Waals surface area contributed by atoms with E-state index in [2.05, 4.69) is 19.4 Å². The normalized spacial score (nSPS) is 11.8. The summed E-state index contributed by atoms with van der Waals surface area (Å²) in [5.74, 6) is -0.0456. The zero-order valence-electron chi connectivity index (χ0n) is 15.1. The van der Waals surface area contributed by atoms with Crippen molar-refractivity contribution in [2.24, 2.45) is 0 Å². The molecule has 1 heterocycles. The molecule has 0 radical (unpaired) electrons. The first-order valence-electron chi connectivity index (χ1n) is 8.13. The fourth-order valence-corrected chi connectivity index (χ4v) is 4.20. The predicted octanol–water partition coefficient (Wildman–Crippen LogP) is 3.29. The average Bonchev–Trinajstić information content (AvgIpc) is 2.62. The SMILES string of the molecule is Cc1ccc(S(=O)(=O)[N-]c2ccc(S(=O)(=O)Nc3nccc(C)n3)cc2)cc1. The summed E-state index contributed by atoms with van der Waals surface area (Å²) in [6, 6.07) is 13.1. The minimum atomic E-state index is -3.91. The van der Waals surface area contributed by atoms with Gasteiger partial charge >= 0.3 is 0 Å². The average molecular weight is 417 g/mol. The van der Waals surface area contributed by atoms with Crippen LogP contribution in [0.2, 0.25) is 0 Å². The van der Waals surface area contributed by atoms with Crippen molar-refractivity contribution in [1.82, 2.24) is 9.97 Å². The molecule has 0 unspecified atom stereocenters. The molecule has 0 saturated carbocycles. The first kappa shape index (κ1) is 19.8. The molecule has 10 heteroatoms. The number of nitrogens with zero attached hydrogens (tertiary/aromatic N) is 3. The summed E-state index contributed by atoms with van der Waals surface area (Å²) >= 11 is 0. The van der Waals surface area contributed by atoms with E-state index in [1.807, 2.05) is 6.92 Å². The standard InChI is InChI=1S/C18H17N4O4S2/c1-13-3-7-16(8-4-13)27(23,24)21-15-5-9-17(10-6-15)28(25,26)22-18-19-12-11-14(2)20-18/h3-12H,1-2H3,(H,19,20,22)/q-1. The summed E-state index contributed by atoms with van der Waals surface area (Å²) in [6.45, 7) is 3.56. The van der Waals surface area contributed by atoms with Gasteiger partial charge < -0.3 is 4.72 Å². The highest BCUT2D eigenvalue weighted by Crippen LogP contribution is 2.29. The molecule has 0 aliphatic carbocycles. The van der Waals surface area contributed by atoms with E-state index < -0.39 is 20.0 Å². The van der Waals surface area contributed by atoms with Gasteiger partial charge in [0.1, 0.15) is 10.0 Å². The maximum Gasteiger partial charge on any atom is 0.264 e. The molecule has 2 aromatic carbocycles. The van der Waals surface area contributed by atoms with E-state index >= 15 is 0 Å². The first-order chi connectivity index (χ1) is 13.2. The third-order valence-corrected chi connectivity index (χ3v) is 6.38. The minimum Gasteiger partial charge on any atom is -0.573 e. The smallest absolute Gasteiger partial charge is 0.264 e. The van der Waals surface area contributed by atoms with Crippen LogP contribution in [-0.2, 0) is 20.0 Å². The second-order valence-electron chi connectivity index (χ2n) is 6.00. The monoisotopic (exact) mass is 417 g/mol. The lowest BCUT2D eigenvalue weighted by molar-refractivity contribution is 0.600. The molecule has 3 rings (SSSR count). The number of rotatable bonds is 6. The van der Waals surface area contributed by atoms with Crippen LogP contribution in [0.5, 0.6) is 0 Å². The summed E-state index contributed by atoms with van der Waals surface area (Å²) in [5, 5.41) is 0. The van der Waals surface area contributed by atoms with Crippen LogP contribution in [0.1, 0.15) is 11.3 Å². The lowest BCUT2D eigenvalue weighted by atomic mass is 10.2. The van der Waals surface area contributed by atoms with Crippen molar-refractivity contribution < 1.29 is 16.8 Å². The molecule has 8 nitrogen and oxygen atoms in total. The van der Waals surface area contributed by atoms with Gasteiger partial charge in [-0.2, -0.15) is 0 Å². The Kier molecular flexibility index (Phi) is 5.34. The fourth-order valence-electron chi connectivity index (χ4n) is 2.27. The molecule has 3 aromatic rings. The Bertz CT molecular complexity index is 1190. The largest absolute Gasteiger partial charge is 0.573 e. The van der Waals surface area contributed by atoms with Gasteiger partial charge in [-0.15, -0.1) is 5.69 Å². The molecule has 1 aromatic heterocycles. The van der Waals surface area contributed by atoms with Crippen LogP contribution in [0.15, 0.2) is 70.6 Å². The Hall–Kier alpha value is -2.98. The summed E-state index contributed by atoms with van der Waals surface area (Å²) in [7, 11) is -7.81. The molecule has 28 heavy (non-hydrogen) atoms. The van der Waals surface area contributed by atoms with Crippen LogP contribution in [0.4, 0.5) is 11.6 Å². The van der Waals surface area contributed by atoms with Crippen molar-refractivity contribution in [3.63, 3.8) is 0 Å². The van der Waals surface area contributed by atoms with Crippen molar-refractivity contribution in [2.75, 3.05) is 4.72 Å². The molecule has 0 saturated heterocycles. The van der Waals surface area contributed by atoms with E-state index in [0.29, 0.717) is 5.69 Å². The molecular formula is C18H17N4O4S2-. The highest BCUT2D eigenvalue weighted by molar-refractivity contribution is 7.94. The highest BCUT2D eigenvalue weighted by atomic mass is 32.2. The Labute approximate surface area is 163 Å². The molecule has 146 valence electrons. The molecular weight excluding hydrogens is 400 g/mol. The molecule has 0 bridgehead atoms. The number of nitrogens with one attached hydrogen (secondary N) is 1. The number of hydrogen-bond acceptors (Lipinski definition) is 6. The lowest BCUT2D eigenvalue weighted by Gasteiger charge is -2.22. The van der Waals surface area contributed by atoms with Crippen LogP contribution >= 0.6 is 0 Å². The van der Waals surface area contributed by atoms with Crippen LogP contribution < -0.4 is 4.72 Å². The number of benzene rings is 2. The molecule has 0 fully saturated rings. The Morgan fingerprint density at radius 3 is 2.04 bits per heavy atom. The van der Waals surface area contributed by atoms with Crippen LogP contribution in [0.25, 0.3) is 4.72 Å². The number of anilines is 1. The van der Waals surface area contributed by atoms with Crippen molar-refractivity contribution in [1.29, 1.82) is 0 Å². The third-order valence-electron chi connectivity index (χ3n) is 3.71. The van der Waals surface area contributed by atoms with E-state index in [4.69, 9.17) is 0 Å². The van der Waals surface area contributed by atoms with Gasteiger partial charge in [-0.25, -0.2) is 31.5 Å².